The highest BCUT2D eigenvalue weighted by molar-refractivity contribution is 6.32. The van der Waals surface area contributed by atoms with E-state index in [1.54, 1.807) is 43.5 Å². The Balaban J connectivity index is 1.32. The summed E-state index contributed by atoms with van der Waals surface area (Å²) in [6.07, 6.45) is 5.42. The third-order valence-electron chi connectivity index (χ3n) is 6.42. The molecule has 216 valence electrons. The van der Waals surface area contributed by atoms with Crippen LogP contribution in [0.15, 0.2) is 55.2 Å². The number of anilines is 3. The van der Waals surface area contributed by atoms with Crippen molar-refractivity contribution < 1.29 is 19.0 Å². The number of hydrogen-bond donors (Lipinski definition) is 2. The summed E-state index contributed by atoms with van der Waals surface area (Å²) in [5.74, 6) is 6.25. The molecule has 12 heteroatoms. The van der Waals surface area contributed by atoms with Gasteiger partial charge in [0.2, 0.25) is 0 Å². The van der Waals surface area contributed by atoms with Gasteiger partial charge in [-0.2, -0.15) is 0 Å². The van der Waals surface area contributed by atoms with E-state index in [1.165, 1.54) is 12.7 Å². The number of fused-ring (bicyclic) bond motifs is 1. The number of aromatic nitrogens is 4. The predicted octanol–water partition coefficient (Wildman–Crippen LogP) is 4.46. The molecule has 1 saturated heterocycles. The fraction of sp³-hybridized carbons (Fsp3) is 0.300. The summed E-state index contributed by atoms with van der Waals surface area (Å²) in [4.78, 5) is 31.7. The Morgan fingerprint density at radius 1 is 1.07 bits per heavy atom. The average molecular weight is 588 g/mol. The monoisotopic (exact) mass is 587 g/mol. The smallest absolute Gasteiger partial charge is 0.300 e. The number of morpholine rings is 1. The van der Waals surface area contributed by atoms with Crippen molar-refractivity contribution in [2.75, 3.05) is 50.1 Å². The number of benzene rings is 2. The molecule has 11 nitrogen and oxygen atoms in total. The molecular formula is C30H30ClN7O4. The largest absolute Gasteiger partial charge is 0.491 e. The van der Waals surface area contributed by atoms with Crippen LogP contribution in [0.5, 0.6) is 11.5 Å². The second-order valence-corrected chi connectivity index (χ2v) is 9.74. The molecule has 0 spiro atoms. The first-order valence-corrected chi connectivity index (χ1v) is 13.9. The van der Waals surface area contributed by atoms with E-state index < -0.39 is 5.91 Å². The maximum absolute atomic E-state index is 12.4. The van der Waals surface area contributed by atoms with Gasteiger partial charge in [-0.15, -0.1) is 0 Å². The first-order chi connectivity index (χ1) is 20.6. The van der Waals surface area contributed by atoms with Crippen LogP contribution in [0.25, 0.3) is 10.9 Å². The second-order valence-electron chi connectivity index (χ2n) is 9.33. The minimum Gasteiger partial charge on any atom is -0.491 e. The van der Waals surface area contributed by atoms with Gasteiger partial charge in [-0.1, -0.05) is 17.5 Å². The summed E-state index contributed by atoms with van der Waals surface area (Å²) >= 11 is 6.51. The van der Waals surface area contributed by atoms with Gasteiger partial charge in [-0.05, 0) is 49.6 Å². The Bertz CT molecular complexity index is 1590. The van der Waals surface area contributed by atoms with Crippen LogP contribution in [-0.2, 0) is 16.1 Å². The van der Waals surface area contributed by atoms with Crippen LogP contribution in [0, 0.1) is 11.8 Å². The van der Waals surface area contributed by atoms with Crippen LogP contribution in [0.1, 0.15) is 19.0 Å². The number of hydrogen-bond acceptors (Lipinski definition) is 10. The molecule has 0 unspecified atom stereocenters. The molecule has 1 fully saturated rings. The van der Waals surface area contributed by atoms with E-state index in [2.05, 4.69) is 47.3 Å². The fourth-order valence-corrected chi connectivity index (χ4v) is 4.59. The Morgan fingerprint density at radius 2 is 1.95 bits per heavy atom. The molecule has 4 aromatic rings. The number of ether oxygens (including phenoxy) is 3. The van der Waals surface area contributed by atoms with Crippen LogP contribution in [-0.4, -0.2) is 70.2 Å². The van der Waals surface area contributed by atoms with Gasteiger partial charge in [-0.3, -0.25) is 9.69 Å². The Morgan fingerprint density at radius 3 is 2.74 bits per heavy atom. The van der Waals surface area contributed by atoms with Gasteiger partial charge in [0.05, 0.1) is 41.7 Å². The zero-order chi connectivity index (χ0) is 29.1. The first-order valence-electron chi connectivity index (χ1n) is 13.5. The van der Waals surface area contributed by atoms with Crippen LogP contribution >= 0.6 is 11.6 Å². The van der Waals surface area contributed by atoms with E-state index in [-0.39, 0.29) is 6.61 Å². The zero-order valence-electron chi connectivity index (χ0n) is 23.1. The molecule has 1 amide bonds. The Hall–Kier alpha value is -4.50. The highest BCUT2D eigenvalue weighted by Crippen LogP contribution is 2.35. The van der Waals surface area contributed by atoms with Gasteiger partial charge in [-0.25, -0.2) is 19.9 Å². The quantitative estimate of drug-likeness (QED) is 0.192. The third-order valence-corrected chi connectivity index (χ3v) is 6.71. The van der Waals surface area contributed by atoms with Gasteiger partial charge in [0.15, 0.2) is 0 Å². The van der Waals surface area contributed by atoms with Gasteiger partial charge in [0.1, 0.15) is 36.6 Å². The number of nitrogens with zero attached hydrogens (tertiary/aromatic N) is 5. The number of nitrogens with one attached hydrogen (secondary N) is 2. The molecule has 0 bridgehead atoms. The van der Waals surface area contributed by atoms with E-state index >= 15 is 0 Å². The number of amides is 1. The van der Waals surface area contributed by atoms with Crippen LogP contribution in [0.4, 0.5) is 17.2 Å². The zero-order valence-corrected chi connectivity index (χ0v) is 23.9. The molecule has 1 aliphatic heterocycles. The van der Waals surface area contributed by atoms with Gasteiger partial charge in [0, 0.05) is 43.0 Å². The van der Waals surface area contributed by atoms with Crippen LogP contribution in [0.2, 0.25) is 5.02 Å². The van der Waals surface area contributed by atoms with E-state index in [1.807, 2.05) is 6.07 Å². The minimum absolute atomic E-state index is 0.264. The minimum atomic E-state index is -0.439. The van der Waals surface area contributed by atoms with Crippen molar-refractivity contribution in [3.8, 4) is 23.3 Å². The van der Waals surface area contributed by atoms with Crippen molar-refractivity contribution in [3.63, 3.8) is 0 Å². The fourth-order valence-electron chi connectivity index (χ4n) is 4.35. The summed E-state index contributed by atoms with van der Waals surface area (Å²) in [6.45, 7) is 6.60. The van der Waals surface area contributed by atoms with Gasteiger partial charge in [0.25, 0.3) is 5.91 Å². The SMILES string of the molecule is CC#CC(=O)Nc1cc2c(Nc3ccc(OCc4ccncn4)c(Cl)c3)ncnc2cc1OCCCN1CCOCC1. The summed E-state index contributed by atoms with van der Waals surface area (Å²) in [5.41, 5.74) is 2.56. The standard InChI is InChI=1S/C30H30ClN7O4/c1-2-4-29(39)37-26-16-23-25(17-28(26)41-12-3-9-38-10-13-40-14-11-38)34-20-35-30(23)36-21-5-6-27(24(31)15-21)42-18-22-7-8-32-19-33-22/h5-8,15-17,19-20H,3,9-14,18H2,1H3,(H,37,39)(H,34,35,36). The second kappa shape index (κ2) is 14.4. The van der Waals surface area contributed by atoms with Crippen molar-refractivity contribution in [1.82, 2.24) is 24.8 Å². The topological polar surface area (TPSA) is 124 Å². The normalized spacial score (nSPS) is 13.2. The maximum atomic E-state index is 12.4. The Kier molecular flexibility index (Phi) is 9.95. The molecule has 1 aliphatic rings. The lowest BCUT2D eigenvalue weighted by atomic mass is 10.1. The van der Waals surface area contributed by atoms with E-state index in [0.29, 0.717) is 51.2 Å². The molecular weight excluding hydrogens is 558 g/mol. The number of halogens is 1. The van der Waals surface area contributed by atoms with Crippen molar-refractivity contribution in [2.24, 2.45) is 0 Å². The third kappa shape index (κ3) is 7.82. The molecule has 2 aromatic heterocycles. The molecule has 0 saturated carbocycles. The lowest BCUT2D eigenvalue weighted by Crippen LogP contribution is -2.37. The van der Waals surface area contributed by atoms with Crippen molar-refractivity contribution in [1.29, 1.82) is 0 Å². The van der Waals surface area contributed by atoms with Crippen molar-refractivity contribution in [2.45, 2.75) is 20.0 Å². The summed E-state index contributed by atoms with van der Waals surface area (Å²) in [6, 6.07) is 10.7. The van der Waals surface area contributed by atoms with E-state index in [0.717, 1.165) is 45.0 Å². The molecule has 0 radical (unpaired) electrons. The van der Waals surface area contributed by atoms with E-state index in [4.69, 9.17) is 25.8 Å². The number of carbonyl (C=O) groups excluding carboxylic acids is 1. The summed E-state index contributed by atoms with van der Waals surface area (Å²) in [7, 11) is 0. The summed E-state index contributed by atoms with van der Waals surface area (Å²) in [5, 5.41) is 7.23. The highest BCUT2D eigenvalue weighted by Gasteiger charge is 2.15. The lowest BCUT2D eigenvalue weighted by Gasteiger charge is -2.26. The lowest BCUT2D eigenvalue weighted by molar-refractivity contribution is -0.111. The molecule has 2 aromatic carbocycles. The van der Waals surface area contributed by atoms with E-state index in [9.17, 15) is 4.79 Å². The molecule has 3 heterocycles. The van der Waals surface area contributed by atoms with Crippen molar-refractivity contribution in [3.05, 3.63) is 66.0 Å². The predicted molar refractivity (Wildman–Crippen MR) is 160 cm³/mol. The molecule has 42 heavy (non-hydrogen) atoms. The van der Waals surface area contributed by atoms with Gasteiger partial charge >= 0.3 is 0 Å². The van der Waals surface area contributed by atoms with Crippen molar-refractivity contribution >= 4 is 45.6 Å². The average Bonchev–Trinajstić information content (AvgIpc) is 3.00. The molecule has 2 N–H and O–H groups in total. The number of rotatable bonds is 11. The van der Waals surface area contributed by atoms with Gasteiger partial charge < -0.3 is 24.8 Å². The summed E-state index contributed by atoms with van der Waals surface area (Å²) < 4.78 is 17.3. The molecule has 0 aliphatic carbocycles. The van der Waals surface area contributed by atoms with Crippen LogP contribution < -0.4 is 20.1 Å². The van der Waals surface area contributed by atoms with Crippen LogP contribution in [0.3, 0.4) is 0 Å². The number of carbonyl (C=O) groups is 1. The molecule has 5 rings (SSSR count). The highest BCUT2D eigenvalue weighted by atomic mass is 35.5. The maximum Gasteiger partial charge on any atom is 0.300 e. The first kappa shape index (κ1) is 29.0. The Labute approximate surface area is 248 Å². The molecule has 0 atom stereocenters.